The summed E-state index contributed by atoms with van der Waals surface area (Å²) in [5.74, 6) is -3.03. The van der Waals surface area contributed by atoms with Crippen molar-refractivity contribution in [2.24, 2.45) is 27.6 Å². The van der Waals surface area contributed by atoms with Crippen LogP contribution in [0.4, 0.5) is 0 Å². The first-order valence-electron chi connectivity index (χ1n) is 21.4. The van der Waals surface area contributed by atoms with Gasteiger partial charge >= 0.3 is 29.8 Å². The van der Waals surface area contributed by atoms with Gasteiger partial charge in [0.25, 0.3) is 0 Å². The van der Waals surface area contributed by atoms with E-state index >= 15 is 0 Å². The topological polar surface area (TPSA) is 188 Å². The molecule has 0 aliphatic rings. The third-order valence-corrected chi connectivity index (χ3v) is 10.6. The van der Waals surface area contributed by atoms with Crippen LogP contribution in [0.15, 0.2) is 0 Å². The molecule has 0 amide bonds. The molecule has 0 aliphatic heterocycles. The number of ketones is 2. The van der Waals surface area contributed by atoms with Crippen molar-refractivity contribution in [2.75, 3.05) is 19.8 Å². The molecule has 0 aromatic carbocycles. The number of carbonyl (C=O) groups is 7. The molecule has 0 rings (SSSR count). The molecule has 0 heterocycles. The van der Waals surface area contributed by atoms with Crippen LogP contribution in [0.1, 0.15) is 206 Å². The highest BCUT2D eigenvalue weighted by Gasteiger charge is 2.32. The standard InChI is InChI=1S/C26H46O7.C19H34O5.CH4/c1-8-31-22(28)20(16-13-15-19-26(6,7)24(30)33-10-3)21(27)17-12-11-14-18-25(4,5)23(29)32-9-2;1-18(2,16(21)22)13-9-5-7-11-15(20)12-8-6-10-14-19(3,4)17(23)24;/h20H,8-19H2,1-7H3;5-14H2,1-4H3,(H,21,22)(H,23,24);1H4. The minimum absolute atomic E-state index is 0. The van der Waals surface area contributed by atoms with Gasteiger partial charge in [0.1, 0.15) is 17.5 Å². The van der Waals surface area contributed by atoms with Gasteiger partial charge in [-0.2, -0.15) is 0 Å². The number of hydrogen-bond donors (Lipinski definition) is 2. The summed E-state index contributed by atoms with van der Waals surface area (Å²) in [5.41, 5.74) is -2.50. The van der Waals surface area contributed by atoms with Crippen molar-refractivity contribution in [3.8, 4) is 0 Å². The molecule has 0 bridgehead atoms. The van der Waals surface area contributed by atoms with E-state index in [9.17, 15) is 33.6 Å². The monoisotopic (exact) mass is 829 g/mol. The molecule has 2 N–H and O–H groups in total. The first kappa shape index (κ1) is 59.0. The van der Waals surface area contributed by atoms with Crippen LogP contribution in [0, 0.1) is 27.6 Å². The van der Waals surface area contributed by atoms with Gasteiger partial charge in [0.2, 0.25) is 0 Å². The molecular formula is C46H84O12. The minimum Gasteiger partial charge on any atom is -0.481 e. The molecule has 0 spiro atoms. The largest absolute Gasteiger partial charge is 0.481 e. The summed E-state index contributed by atoms with van der Waals surface area (Å²) >= 11 is 0. The lowest BCUT2D eigenvalue weighted by Crippen LogP contribution is -2.28. The number of carboxylic acid groups (broad SMARTS) is 2. The third-order valence-electron chi connectivity index (χ3n) is 10.6. The molecule has 1 unspecified atom stereocenters. The summed E-state index contributed by atoms with van der Waals surface area (Å²) in [6.07, 6.45) is 13.2. The fourth-order valence-electron chi connectivity index (χ4n) is 6.11. The Labute approximate surface area is 351 Å². The van der Waals surface area contributed by atoms with Crippen LogP contribution in [0.25, 0.3) is 0 Å². The number of carbonyl (C=O) groups excluding carboxylic acids is 5. The first-order chi connectivity index (χ1) is 26.4. The normalized spacial score (nSPS) is 12.3. The summed E-state index contributed by atoms with van der Waals surface area (Å²) in [4.78, 5) is 82.8. The Kier molecular flexibility index (Phi) is 31.2. The summed E-state index contributed by atoms with van der Waals surface area (Å²) < 4.78 is 15.3. The lowest BCUT2D eigenvalue weighted by Gasteiger charge is -2.22. The number of unbranched alkanes of at least 4 members (excludes halogenated alkanes) is 7. The molecule has 58 heavy (non-hydrogen) atoms. The van der Waals surface area contributed by atoms with E-state index in [0.29, 0.717) is 77.4 Å². The van der Waals surface area contributed by atoms with E-state index < -0.39 is 45.5 Å². The van der Waals surface area contributed by atoms with Crippen LogP contribution < -0.4 is 0 Å². The van der Waals surface area contributed by atoms with Gasteiger partial charge in [-0.15, -0.1) is 0 Å². The number of hydrogen-bond acceptors (Lipinski definition) is 10. The van der Waals surface area contributed by atoms with Crippen LogP contribution in [0.3, 0.4) is 0 Å². The summed E-state index contributed by atoms with van der Waals surface area (Å²) in [6.45, 7) is 20.6. The molecule has 0 aromatic heterocycles. The number of Topliss-reactive ketones (excluding diaryl/α,β-unsaturated/α-hetero) is 2. The average molecular weight is 829 g/mol. The summed E-state index contributed by atoms with van der Waals surface area (Å²) in [5, 5.41) is 18.0. The van der Waals surface area contributed by atoms with E-state index in [1.807, 2.05) is 27.7 Å². The number of aliphatic carboxylic acids is 2. The number of rotatable bonds is 32. The van der Waals surface area contributed by atoms with Gasteiger partial charge in [-0.05, 0) is 128 Å². The lowest BCUT2D eigenvalue weighted by atomic mass is 9.85. The second-order valence-electron chi connectivity index (χ2n) is 17.8. The van der Waals surface area contributed by atoms with Crippen molar-refractivity contribution in [1.82, 2.24) is 0 Å². The zero-order chi connectivity index (χ0) is 44.3. The molecule has 340 valence electrons. The van der Waals surface area contributed by atoms with E-state index in [2.05, 4.69) is 0 Å². The maximum atomic E-state index is 12.7. The van der Waals surface area contributed by atoms with E-state index in [1.165, 1.54) is 0 Å². The van der Waals surface area contributed by atoms with Crippen LogP contribution >= 0.6 is 0 Å². The highest BCUT2D eigenvalue weighted by atomic mass is 16.5. The highest BCUT2D eigenvalue weighted by molar-refractivity contribution is 5.98. The molecule has 0 saturated heterocycles. The van der Waals surface area contributed by atoms with Crippen molar-refractivity contribution >= 4 is 41.4 Å². The van der Waals surface area contributed by atoms with Gasteiger partial charge in [0.05, 0.1) is 41.5 Å². The summed E-state index contributed by atoms with van der Waals surface area (Å²) in [7, 11) is 0. The quantitative estimate of drug-likeness (QED) is 0.0283. The Morgan fingerprint density at radius 2 is 0.776 bits per heavy atom. The molecule has 1 atom stereocenters. The molecule has 0 aliphatic carbocycles. The van der Waals surface area contributed by atoms with Crippen molar-refractivity contribution in [2.45, 2.75) is 206 Å². The molecule has 0 saturated carbocycles. The maximum Gasteiger partial charge on any atom is 0.316 e. The minimum atomic E-state index is -0.773. The zero-order valence-corrected chi connectivity index (χ0v) is 37.6. The maximum absolute atomic E-state index is 12.7. The predicted molar refractivity (Wildman–Crippen MR) is 228 cm³/mol. The second kappa shape index (κ2) is 30.7. The van der Waals surface area contributed by atoms with Gasteiger partial charge in [-0.25, -0.2) is 0 Å². The van der Waals surface area contributed by atoms with Gasteiger partial charge in [-0.3, -0.25) is 33.6 Å². The van der Waals surface area contributed by atoms with Crippen LogP contribution in [-0.2, 0) is 47.8 Å². The molecule has 0 aromatic rings. The molecule has 0 fully saturated rings. The van der Waals surface area contributed by atoms with E-state index in [4.69, 9.17) is 24.4 Å². The number of ether oxygens (including phenoxy) is 3. The Balaban J connectivity index is -0.00000108. The third kappa shape index (κ3) is 26.6. The molecule has 12 heteroatoms. The number of esters is 3. The average Bonchev–Trinajstić information content (AvgIpc) is 3.11. The Morgan fingerprint density at radius 1 is 0.448 bits per heavy atom. The van der Waals surface area contributed by atoms with E-state index in [0.717, 1.165) is 57.8 Å². The summed E-state index contributed by atoms with van der Waals surface area (Å²) in [6, 6.07) is 0. The predicted octanol–water partition coefficient (Wildman–Crippen LogP) is 10.7. The molecule has 12 nitrogen and oxygen atoms in total. The van der Waals surface area contributed by atoms with Gasteiger partial charge < -0.3 is 24.4 Å². The second-order valence-corrected chi connectivity index (χ2v) is 17.8. The smallest absolute Gasteiger partial charge is 0.316 e. The van der Waals surface area contributed by atoms with Crippen LogP contribution in [0.2, 0.25) is 0 Å². The first-order valence-corrected chi connectivity index (χ1v) is 21.4. The fraction of sp³-hybridized carbons (Fsp3) is 0.848. The molecular weight excluding hydrogens is 744 g/mol. The van der Waals surface area contributed by atoms with E-state index in [-0.39, 0.29) is 37.5 Å². The van der Waals surface area contributed by atoms with Gasteiger partial charge in [-0.1, -0.05) is 58.8 Å². The Bertz CT molecular complexity index is 1190. The Morgan fingerprint density at radius 3 is 1.12 bits per heavy atom. The number of carboxylic acids is 2. The lowest BCUT2D eigenvalue weighted by molar-refractivity contribution is -0.154. The Hall–Kier alpha value is -3.31. The SMILES string of the molecule is C.CC(C)(CCCCCC(=O)CCCCCC(C)(C)C(=O)O)C(=O)O.CCOC(=O)C(CCCCC(C)(C)C(=O)OCC)C(=O)CCCCCC(C)(C)C(=O)OCC. The van der Waals surface area contributed by atoms with Crippen molar-refractivity contribution in [3.63, 3.8) is 0 Å². The van der Waals surface area contributed by atoms with Gasteiger partial charge in [0.15, 0.2) is 0 Å². The molecule has 0 radical (unpaired) electrons. The van der Waals surface area contributed by atoms with E-state index in [1.54, 1.807) is 48.5 Å². The van der Waals surface area contributed by atoms with Crippen molar-refractivity contribution in [3.05, 3.63) is 0 Å². The van der Waals surface area contributed by atoms with Crippen molar-refractivity contribution < 1.29 is 58.0 Å². The van der Waals surface area contributed by atoms with Crippen molar-refractivity contribution in [1.29, 1.82) is 0 Å². The van der Waals surface area contributed by atoms with Crippen LogP contribution in [0.5, 0.6) is 0 Å². The van der Waals surface area contributed by atoms with Crippen LogP contribution in [-0.4, -0.2) is 71.4 Å². The highest BCUT2D eigenvalue weighted by Crippen LogP contribution is 2.29. The fourth-order valence-corrected chi connectivity index (χ4v) is 6.11. The van der Waals surface area contributed by atoms with Gasteiger partial charge in [0, 0.05) is 19.3 Å². The zero-order valence-electron chi connectivity index (χ0n) is 37.6.